The number of sulfonamides is 1. The zero-order chi connectivity index (χ0) is 35.3. The third-order valence-corrected chi connectivity index (χ3v) is 9.12. The lowest BCUT2D eigenvalue weighted by Gasteiger charge is -2.31. The van der Waals surface area contributed by atoms with E-state index in [1.165, 1.54) is 35.7 Å². The number of amides is 2. The van der Waals surface area contributed by atoms with Gasteiger partial charge in [-0.3, -0.25) is 10.0 Å². The summed E-state index contributed by atoms with van der Waals surface area (Å²) in [4.78, 5) is 40.2. The highest BCUT2D eigenvalue weighted by Crippen LogP contribution is 2.39. The van der Waals surface area contributed by atoms with Gasteiger partial charge in [0.2, 0.25) is 16.0 Å². The second kappa shape index (κ2) is 14.9. The van der Waals surface area contributed by atoms with Crippen LogP contribution in [0.2, 0.25) is 0 Å². The predicted molar refractivity (Wildman–Crippen MR) is 184 cm³/mol. The number of hydrogen-bond acceptors (Lipinski definition) is 10. The number of aromatic nitrogens is 3. The van der Waals surface area contributed by atoms with Crippen LogP contribution in [-0.4, -0.2) is 70.5 Å². The summed E-state index contributed by atoms with van der Waals surface area (Å²) in [5, 5.41) is 2.89. The monoisotopic (exact) mass is 700 g/mol. The third-order valence-electron chi connectivity index (χ3n) is 6.65. The number of likely N-dealkylation sites (tertiary alicyclic amines) is 1. The Labute approximate surface area is 284 Å². The van der Waals surface area contributed by atoms with Gasteiger partial charge < -0.3 is 14.4 Å². The number of nitrogens with one attached hydrogen (secondary N) is 2. The lowest BCUT2D eigenvalue weighted by molar-refractivity contribution is 0.0199. The van der Waals surface area contributed by atoms with Crippen LogP contribution in [-0.2, 0) is 19.5 Å². The molecule has 0 unspecified atom stereocenters. The van der Waals surface area contributed by atoms with Crippen LogP contribution in [0.4, 0.5) is 25.6 Å². The van der Waals surface area contributed by atoms with Crippen LogP contribution < -0.4 is 10.0 Å². The van der Waals surface area contributed by atoms with Gasteiger partial charge in [0.25, 0.3) is 0 Å². The molecule has 2 N–H and O–H groups in total. The van der Waals surface area contributed by atoms with E-state index in [4.69, 9.17) is 9.47 Å². The molecule has 0 aliphatic carbocycles. The van der Waals surface area contributed by atoms with Gasteiger partial charge in [-0.25, -0.2) is 37.3 Å². The second-order valence-corrected chi connectivity index (χ2v) is 16.0. The van der Waals surface area contributed by atoms with E-state index in [-0.39, 0.29) is 40.7 Å². The highest BCUT2D eigenvalue weighted by atomic mass is 32.2. The van der Waals surface area contributed by atoms with E-state index in [2.05, 4.69) is 36.8 Å². The normalized spacial score (nSPS) is 14.1. The highest BCUT2D eigenvalue weighted by molar-refractivity contribution is 7.92. The fourth-order valence-electron chi connectivity index (χ4n) is 4.65. The number of hydrogen-bond donors (Lipinski definition) is 2. The van der Waals surface area contributed by atoms with Gasteiger partial charge in [0.1, 0.15) is 11.2 Å². The van der Waals surface area contributed by atoms with Gasteiger partial charge in [0.15, 0.2) is 10.8 Å². The van der Waals surface area contributed by atoms with Crippen LogP contribution in [0.15, 0.2) is 30.5 Å². The largest absolute Gasteiger partial charge is 0.444 e. The third kappa shape index (κ3) is 10.4. The van der Waals surface area contributed by atoms with Crippen molar-refractivity contribution in [3.63, 3.8) is 0 Å². The van der Waals surface area contributed by atoms with Crippen molar-refractivity contribution in [2.45, 2.75) is 78.9 Å². The molecule has 1 aliphatic heterocycles. The van der Waals surface area contributed by atoms with Crippen molar-refractivity contribution >= 4 is 45.2 Å². The van der Waals surface area contributed by atoms with Crippen molar-refractivity contribution in [3.8, 4) is 33.7 Å². The lowest BCUT2D eigenvalue weighted by atomic mass is 9.98. The van der Waals surface area contributed by atoms with Gasteiger partial charge in [-0.05, 0) is 84.9 Å². The first-order chi connectivity index (χ1) is 22.4. The summed E-state index contributed by atoms with van der Waals surface area (Å²) in [7, 11) is -3.77. The van der Waals surface area contributed by atoms with Crippen molar-refractivity contribution in [1.82, 2.24) is 19.9 Å². The summed E-state index contributed by atoms with van der Waals surface area (Å²) >= 11 is 1.17. The number of thiazole rings is 1. The summed E-state index contributed by atoms with van der Waals surface area (Å²) in [6, 6.07) is 5.96. The summed E-state index contributed by atoms with van der Waals surface area (Å²) in [6.07, 6.45) is 2.01. The molecule has 2 amide bonds. The van der Waals surface area contributed by atoms with Gasteiger partial charge in [0.05, 0.1) is 27.7 Å². The van der Waals surface area contributed by atoms with E-state index in [1.807, 2.05) is 20.8 Å². The first kappa shape index (κ1) is 36.5. The quantitative estimate of drug-likeness (QED) is 0.251. The molecule has 0 atom stereocenters. The molecule has 0 spiro atoms. The van der Waals surface area contributed by atoms with Crippen LogP contribution in [0.25, 0.3) is 21.8 Å². The molecule has 12 nitrogen and oxygen atoms in total. The predicted octanol–water partition coefficient (Wildman–Crippen LogP) is 6.90. The molecule has 1 fully saturated rings. The number of piperidine rings is 1. The summed E-state index contributed by atoms with van der Waals surface area (Å²) in [5.41, 5.74) is -0.966. The molecule has 0 radical (unpaired) electrons. The van der Waals surface area contributed by atoms with Gasteiger partial charge >= 0.3 is 12.2 Å². The SMILES string of the molecule is CCCS(=O)(=O)Nc1cccc(-c2nc(C#CC3CCN(C(=O)OC(C)(C)C)CC3)sc2-c2ccnc(NC(=O)OC(C)(C)C)n2)c1F. The first-order valence-corrected chi connectivity index (χ1v) is 18.0. The number of nitrogens with zero attached hydrogens (tertiary/aromatic N) is 4. The van der Waals surface area contributed by atoms with Crippen molar-refractivity contribution < 1.29 is 31.9 Å². The molecule has 258 valence electrons. The minimum atomic E-state index is -3.77. The van der Waals surface area contributed by atoms with Gasteiger partial charge in [0, 0.05) is 30.8 Å². The van der Waals surface area contributed by atoms with E-state index < -0.39 is 33.1 Å². The Bertz CT molecular complexity index is 1810. The molecule has 4 rings (SSSR count). The number of anilines is 2. The van der Waals surface area contributed by atoms with E-state index in [9.17, 15) is 18.0 Å². The number of rotatable bonds is 7. The Balaban J connectivity index is 1.67. The molecule has 1 aliphatic rings. The summed E-state index contributed by atoms with van der Waals surface area (Å²) in [6.45, 7) is 13.4. The molecule has 3 heterocycles. The molecule has 48 heavy (non-hydrogen) atoms. The van der Waals surface area contributed by atoms with Gasteiger partial charge in [-0.2, -0.15) is 0 Å². The Morgan fingerprint density at radius 2 is 1.75 bits per heavy atom. The number of halogens is 1. The zero-order valence-electron chi connectivity index (χ0n) is 28.1. The van der Waals surface area contributed by atoms with E-state index in [0.29, 0.717) is 47.9 Å². The van der Waals surface area contributed by atoms with Gasteiger partial charge in [-0.15, -0.1) is 11.3 Å². The standard InChI is InChI=1S/C33H41FN6O6S2/c1-8-20-48(43,44)39-23-11-9-10-22(26(23)34)27-28(24-14-17-35-29(36-24)38-30(41)45-32(2,3)4)47-25(37-27)13-12-21-15-18-40(19-16-21)31(42)46-33(5,6)7/h9-11,14,17,21,39H,8,15-16,18-20H2,1-7H3,(H,35,36,38,41). The molecule has 3 aromatic rings. The topological polar surface area (TPSA) is 153 Å². The maximum absolute atomic E-state index is 16.0. The Hall–Kier alpha value is -4.29. The Morgan fingerprint density at radius 3 is 2.40 bits per heavy atom. The van der Waals surface area contributed by atoms with Crippen molar-refractivity contribution in [3.05, 3.63) is 41.3 Å². The van der Waals surface area contributed by atoms with Crippen LogP contribution in [0.3, 0.4) is 0 Å². The summed E-state index contributed by atoms with van der Waals surface area (Å²) in [5.74, 6) is 5.35. The fourth-order valence-corrected chi connectivity index (χ4v) is 6.69. The number of carbonyl (C=O) groups is 2. The average molecular weight is 701 g/mol. The minimum Gasteiger partial charge on any atom is -0.444 e. The van der Waals surface area contributed by atoms with Gasteiger partial charge in [-0.1, -0.05) is 18.9 Å². The van der Waals surface area contributed by atoms with Crippen molar-refractivity contribution in [2.75, 3.05) is 28.9 Å². The number of carbonyl (C=O) groups excluding carboxylic acids is 2. The Morgan fingerprint density at radius 1 is 1.06 bits per heavy atom. The fraction of sp³-hybridized carbons (Fsp3) is 0.485. The van der Waals surface area contributed by atoms with Crippen LogP contribution in [0.1, 0.15) is 72.7 Å². The van der Waals surface area contributed by atoms with E-state index in [0.717, 1.165) is 0 Å². The molecule has 0 saturated carbocycles. The van der Waals surface area contributed by atoms with Crippen LogP contribution >= 0.6 is 11.3 Å². The molecule has 1 saturated heterocycles. The molecule has 1 aromatic carbocycles. The second-order valence-electron chi connectivity index (χ2n) is 13.2. The first-order valence-electron chi connectivity index (χ1n) is 15.6. The van der Waals surface area contributed by atoms with E-state index >= 15 is 4.39 Å². The Kier molecular flexibility index (Phi) is 11.3. The molecule has 0 bridgehead atoms. The molecule has 15 heteroatoms. The molecular weight excluding hydrogens is 660 g/mol. The maximum atomic E-state index is 16.0. The number of benzene rings is 1. The summed E-state index contributed by atoms with van der Waals surface area (Å²) < 4.78 is 54.0. The smallest absolute Gasteiger partial charge is 0.414 e. The maximum Gasteiger partial charge on any atom is 0.414 e. The molecular formula is C33H41FN6O6S2. The van der Waals surface area contributed by atoms with Crippen LogP contribution in [0, 0.1) is 23.6 Å². The zero-order valence-corrected chi connectivity index (χ0v) is 29.8. The van der Waals surface area contributed by atoms with Crippen molar-refractivity contribution in [1.29, 1.82) is 0 Å². The highest BCUT2D eigenvalue weighted by Gasteiger charge is 2.27. The van der Waals surface area contributed by atoms with E-state index in [1.54, 1.807) is 38.7 Å². The van der Waals surface area contributed by atoms with Crippen molar-refractivity contribution in [2.24, 2.45) is 5.92 Å². The lowest BCUT2D eigenvalue weighted by Crippen LogP contribution is -2.41. The minimum absolute atomic E-state index is 0.00351. The van der Waals surface area contributed by atoms with Crippen LogP contribution in [0.5, 0.6) is 0 Å². The number of ether oxygens (including phenoxy) is 2. The average Bonchev–Trinajstić information content (AvgIpc) is 3.39. The molecule has 2 aromatic heterocycles.